The van der Waals surface area contributed by atoms with E-state index >= 15 is 0 Å². The van der Waals surface area contributed by atoms with Gasteiger partial charge < -0.3 is 19.5 Å². The lowest BCUT2D eigenvalue weighted by molar-refractivity contribution is -0.128. The second-order valence-corrected chi connectivity index (χ2v) is 25.3. The molecule has 182 valence electrons. The summed E-state index contributed by atoms with van der Waals surface area (Å²) in [6.45, 7) is 24.3. The average Bonchev–Trinajstić information content (AvgIpc) is 2.60. The Labute approximate surface area is 194 Å². The summed E-state index contributed by atoms with van der Waals surface area (Å²) in [7, 11) is -4.58. The van der Waals surface area contributed by atoms with E-state index in [4.69, 9.17) is 8.85 Å². The molecular formula is C22H48N2O4Si3. The van der Waals surface area contributed by atoms with Crippen LogP contribution >= 0.6 is 0 Å². The van der Waals surface area contributed by atoms with Crippen molar-refractivity contribution in [2.45, 2.75) is 103 Å². The van der Waals surface area contributed by atoms with E-state index in [1.165, 1.54) is 24.6 Å². The fourth-order valence-electron chi connectivity index (χ4n) is 4.06. The molecule has 0 rings (SSSR count). The quantitative estimate of drug-likeness (QED) is 0.138. The zero-order chi connectivity index (χ0) is 24.3. The minimum Gasteiger partial charge on any atom is -0.456 e. The van der Waals surface area contributed by atoms with Crippen molar-refractivity contribution < 1.29 is 18.4 Å². The van der Waals surface area contributed by atoms with E-state index < -0.39 is 30.8 Å². The Balaban J connectivity index is 4.23. The number of amides is 2. The molecular weight excluding hydrogens is 441 g/mol. The number of hydrogen-bond donors (Lipinski definition) is 2. The lowest BCUT2D eigenvalue weighted by atomic mass is 10.2. The van der Waals surface area contributed by atoms with E-state index in [1.54, 1.807) is 13.8 Å². The first-order valence-electron chi connectivity index (χ1n) is 11.6. The van der Waals surface area contributed by atoms with Crippen LogP contribution in [0.1, 0.15) is 40.0 Å². The molecule has 0 aromatic rings. The first kappa shape index (κ1) is 30.3. The molecule has 0 spiro atoms. The number of ether oxygens (including phenoxy) is 1. The monoisotopic (exact) mass is 488 g/mol. The van der Waals surface area contributed by atoms with Crippen molar-refractivity contribution in [3.8, 4) is 0 Å². The topological polar surface area (TPSA) is 76.7 Å². The van der Waals surface area contributed by atoms with Crippen LogP contribution in [0.2, 0.25) is 57.0 Å². The Kier molecular flexibility index (Phi) is 13.4. The van der Waals surface area contributed by atoms with Gasteiger partial charge in [0.2, 0.25) is 11.8 Å². The summed E-state index contributed by atoms with van der Waals surface area (Å²) in [4.78, 5) is 23.6. The molecule has 9 heteroatoms. The number of nitrogens with one attached hydrogen (secondary N) is 2. The van der Waals surface area contributed by atoms with Crippen LogP contribution in [-0.4, -0.2) is 55.9 Å². The molecule has 0 saturated carbocycles. The molecule has 0 saturated heterocycles. The summed E-state index contributed by atoms with van der Waals surface area (Å²) in [5.74, 6) is -0.589. The van der Waals surface area contributed by atoms with Crippen LogP contribution in [0.5, 0.6) is 0 Å². The van der Waals surface area contributed by atoms with E-state index in [1.807, 2.05) is 0 Å². The molecule has 2 amide bonds. The van der Waals surface area contributed by atoms with Crippen LogP contribution in [-0.2, 0) is 18.4 Å². The number of hydrogen-bond acceptors (Lipinski definition) is 4. The van der Waals surface area contributed by atoms with Crippen molar-refractivity contribution in [2.75, 3.05) is 13.3 Å². The van der Waals surface area contributed by atoms with Gasteiger partial charge in [-0.2, -0.15) is 0 Å². The van der Waals surface area contributed by atoms with Crippen molar-refractivity contribution in [1.82, 2.24) is 10.6 Å². The van der Waals surface area contributed by atoms with Crippen LogP contribution in [0, 0.1) is 0 Å². The lowest BCUT2D eigenvalue weighted by Gasteiger charge is -2.38. The smallest absolute Gasteiger partial charge is 0.246 e. The van der Waals surface area contributed by atoms with Gasteiger partial charge in [-0.3, -0.25) is 9.59 Å². The molecule has 1 unspecified atom stereocenters. The van der Waals surface area contributed by atoms with Crippen LogP contribution in [0.3, 0.4) is 0 Å². The van der Waals surface area contributed by atoms with Crippen molar-refractivity contribution in [3.05, 3.63) is 12.2 Å². The highest BCUT2D eigenvalue weighted by Crippen LogP contribution is 2.29. The van der Waals surface area contributed by atoms with Crippen molar-refractivity contribution in [2.24, 2.45) is 0 Å². The van der Waals surface area contributed by atoms with Crippen molar-refractivity contribution >= 4 is 36.5 Å². The summed E-state index contributed by atoms with van der Waals surface area (Å²) in [5, 5.41) is 5.28. The largest absolute Gasteiger partial charge is 0.456 e. The maximum absolute atomic E-state index is 12.0. The predicted molar refractivity (Wildman–Crippen MR) is 139 cm³/mol. The van der Waals surface area contributed by atoms with Gasteiger partial charge in [0.25, 0.3) is 0 Å². The zero-order valence-electron chi connectivity index (χ0n) is 21.6. The third kappa shape index (κ3) is 14.8. The van der Waals surface area contributed by atoms with Gasteiger partial charge in [-0.15, -0.1) is 0 Å². The summed E-state index contributed by atoms with van der Waals surface area (Å²) < 4.78 is 12.4. The minimum atomic E-state index is -1.74. The van der Waals surface area contributed by atoms with Gasteiger partial charge in [0, 0.05) is 20.3 Å². The van der Waals surface area contributed by atoms with Gasteiger partial charge in [-0.05, 0) is 58.2 Å². The SMILES string of the molecule is C=C(C)C(=O)NC(C)C(=O)NCOCCC[Si](C)(C)O[Si](C)(C)C[Si](C)(C)CCCC. The second kappa shape index (κ2) is 13.7. The number of rotatable bonds is 16. The molecule has 0 aliphatic carbocycles. The van der Waals surface area contributed by atoms with Crippen LogP contribution in [0.15, 0.2) is 12.2 Å². The zero-order valence-corrected chi connectivity index (χ0v) is 24.6. The van der Waals surface area contributed by atoms with E-state index in [0.717, 1.165) is 12.5 Å². The summed E-state index contributed by atoms with van der Waals surface area (Å²) in [5.41, 5.74) is 1.71. The minimum absolute atomic E-state index is 0.145. The highest BCUT2D eigenvalue weighted by Gasteiger charge is 2.37. The Morgan fingerprint density at radius 2 is 1.61 bits per heavy atom. The normalized spacial score (nSPS) is 13.6. The fraction of sp³-hybridized carbons (Fsp3) is 0.818. The first-order valence-corrected chi connectivity index (χ1v) is 21.3. The maximum atomic E-state index is 12.0. The van der Waals surface area contributed by atoms with Gasteiger partial charge in [0.05, 0.1) is 0 Å². The lowest BCUT2D eigenvalue weighted by Crippen LogP contribution is -2.49. The highest BCUT2D eigenvalue weighted by atomic mass is 28.4. The van der Waals surface area contributed by atoms with Crippen LogP contribution < -0.4 is 10.6 Å². The number of carbonyl (C=O) groups is 2. The predicted octanol–water partition coefficient (Wildman–Crippen LogP) is 5.02. The first-order chi connectivity index (χ1) is 14.1. The van der Waals surface area contributed by atoms with Gasteiger partial charge in [0.15, 0.2) is 16.6 Å². The Hall–Kier alpha value is -0.749. The molecule has 0 aliphatic heterocycles. The molecule has 0 heterocycles. The van der Waals surface area contributed by atoms with Crippen molar-refractivity contribution in [1.29, 1.82) is 0 Å². The molecule has 1 atom stereocenters. The molecule has 0 aliphatic rings. The fourth-order valence-corrected chi connectivity index (χ4v) is 23.6. The Morgan fingerprint density at radius 3 is 2.16 bits per heavy atom. The van der Waals surface area contributed by atoms with E-state index in [9.17, 15) is 9.59 Å². The molecule has 0 radical (unpaired) electrons. The molecule has 31 heavy (non-hydrogen) atoms. The van der Waals surface area contributed by atoms with E-state index in [2.05, 4.69) is 63.4 Å². The van der Waals surface area contributed by atoms with E-state index in [0.29, 0.717) is 12.2 Å². The van der Waals surface area contributed by atoms with E-state index in [-0.39, 0.29) is 18.5 Å². The van der Waals surface area contributed by atoms with Crippen molar-refractivity contribution in [3.63, 3.8) is 0 Å². The van der Waals surface area contributed by atoms with Gasteiger partial charge in [-0.25, -0.2) is 0 Å². The summed E-state index contributed by atoms with van der Waals surface area (Å²) in [6.07, 6.45) is 3.55. The molecule has 0 aromatic heterocycles. The standard InChI is InChI=1S/C22H48N2O4Si3/c1-11-12-15-29(5,6)18-31(9,10)28-30(7,8)16-13-14-27-17-23-22(26)20(4)24-21(25)19(2)3/h20H,2,11-18H2,1,3-10H3,(H,23,26)(H,24,25). The maximum Gasteiger partial charge on any atom is 0.246 e. The van der Waals surface area contributed by atoms with Crippen LogP contribution in [0.4, 0.5) is 0 Å². The summed E-state index contributed by atoms with van der Waals surface area (Å²) in [6, 6.07) is 1.84. The van der Waals surface area contributed by atoms with Gasteiger partial charge in [0.1, 0.15) is 12.8 Å². The third-order valence-electron chi connectivity index (χ3n) is 5.21. The highest BCUT2D eigenvalue weighted by molar-refractivity contribution is 6.96. The molecule has 0 bridgehead atoms. The number of carbonyl (C=O) groups excluding carboxylic acids is 2. The average molecular weight is 489 g/mol. The molecule has 0 aromatic carbocycles. The van der Waals surface area contributed by atoms with Gasteiger partial charge >= 0.3 is 0 Å². The Morgan fingerprint density at radius 1 is 1.00 bits per heavy atom. The van der Waals surface area contributed by atoms with Crippen LogP contribution in [0.25, 0.3) is 0 Å². The molecule has 2 N–H and O–H groups in total. The second-order valence-electron chi connectivity index (χ2n) is 10.7. The number of unbranched alkanes of at least 4 members (excludes halogenated alkanes) is 1. The van der Waals surface area contributed by atoms with Gasteiger partial charge in [-0.1, -0.05) is 45.5 Å². The Bertz CT molecular complexity index is 595. The molecule has 6 nitrogen and oxygen atoms in total. The third-order valence-corrected chi connectivity index (χ3v) is 20.1. The summed E-state index contributed by atoms with van der Waals surface area (Å²) >= 11 is 0. The molecule has 0 fully saturated rings.